The predicted octanol–water partition coefficient (Wildman–Crippen LogP) is 0.608. The van der Waals surface area contributed by atoms with Crippen LogP contribution in [0.2, 0.25) is 0 Å². The van der Waals surface area contributed by atoms with E-state index in [4.69, 9.17) is 19.9 Å². The van der Waals surface area contributed by atoms with Crippen molar-refractivity contribution in [1.29, 1.82) is 0 Å². The number of ketones is 1. The molecule has 0 spiro atoms. The van der Waals surface area contributed by atoms with Gasteiger partial charge in [0.15, 0.2) is 17.3 Å². The molecule has 1 aliphatic heterocycles. The lowest BCUT2D eigenvalue weighted by atomic mass is 10.1. The quantitative estimate of drug-likeness (QED) is 0.760. The van der Waals surface area contributed by atoms with Gasteiger partial charge in [0.25, 0.3) is 0 Å². The van der Waals surface area contributed by atoms with Crippen LogP contribution in [0.1, 0.15) is 10.4 Å². The van der Waals surface area contributed by atoms with Gasteiger partial charge in [0.05, 0.1) is 19.2 Å². The fraction of sp³-hybridized carbons (Fsp3) is 0.364. The van der Waals surface area contributed by atoms with Crippen LogP contribution in [0.15, 0.2) is 12.1 Å². The molecule has 86 valence electrons. The van der Waals surface area contributed by atoms with Gasteiger partial charge in [0.2, 0.25) is 0 Å². The molecule has 1 aliphatic rings. The lowest BCUT2D eigenvalue weighted by Gasteiger charge is -2.20. The van der Waals surface area contributed by atoms with Crippen LogP contribution in [0.5, 0.6) is 17.2 Å². The Hall–Kier alpha value is -1.75. The summed E-state index contributed by atoms with van der Waals surface area (Å²) in [6, 6.07) is 3.26. The molecule has 1 aromatic rings. The van der Waals surface area contributed by atoms with Gasteiger partial charge < -0.3 is 19.9 Å². The standard InChI is InChI=1S/C11H13NO4/c1-14-9-5-11-10(15-2-3-16-11)4-7(9)8(13)6-12/h4-5H,2-3,6,12H2,1H3. The predicted molar refractivity (Wildman–Crippen MR) is 57.4 cm³/mol. The van der Waals surface area contributed by atoms with E-state index in [1.54, 1.807) is 12.1 Å². The zero-order chi connectivity index (χ0) is 11.5. The maximum Gasteiger partial charge on any atom is 0.180 e. The van der Waals surface area contributed by atoms with Crippen molar-refractivity contribution in [1.82, 2.24) is 0 Å². The third kappa shape index (κ3) is 1.81. The molecule has 1 aromatic carbocycles. The van der Waals surface area contributed by atoms with Crippen LogP contribution in [-0.2, 0) is 0 Å². The third-order valence-electron chi connectivity index (χ3n) is 2.35. The molecular formula is C11H13NO4. The maximum atomic E-state index is 11.6. The molecule has 0 atom stereocenters. The Morgan fingerprint density at radius 1 is 1.38 bits per heavy atom. The van der Waals surface area contributed by atoms with E-state index < -0.39 is 0 Å². The Morgan fingerprint density at radius 3 is 2.56 bits per heavy atom. The highest BCUT2D eigenvalue weighted by molar-refractivity contribution is 6.00. The largest absolute Gasteiger partial charge is 0.496 e. The highest BCUT2D eigenvalue weighted by Gasteiger charge is 2.19. The van der Waals surface area contributed by atoms with E-state index in [0.29, 0.717) is 36.0 Å². The average molecular weight is 223 g/mol. The first-order valence-electron chi connectivity index (χ1n) is 4.97. The van der Waals surface area contributed by atoms with Gasteiger partial charge in [-0.1, -0.05) is 0 Å². The van der Waals surface area contributed by atoms with Crippen molar-refractivity contribution >= 4 is 5.78 Å². The summed E-state index contributed by atoms with van der Waals surface area (Å²) >= 11 is 0. The minimum atomic E-state index is -0.186. The second kappa shape index (κ2) is 4.40. The van der Waals surface area contributed by atoms with E-state index >= 15 is 0 Å². The molecule has 16 heavy (non-hydrogen) atoms. The number of nitrogens with two attached hydrogens (primary N) is 1. The molecule has 2 N–H and O–H groups in total. The van der Waals surface area contributed by atoms with Gasteiger partial charge in [0, 0.05) is 6.07 Å². The minimum absolute atomic E-state index is 0.0595. The second-order valence-electron chi connectivity index (χ2n) is 3.32. The van der Waals surface area contributed by atoms with Crippen molar-refractivity contribution in [3.05, 3.63) is 17.7 Å². The molecule has 0 radical (unpaired) electrons. The maximum absolute atomic E-state index is 11.6. The molecule has 1 heterocycles. The fourth-order valence-electron chi connectivity index (χ4n) is 1.57. The Morgan fingerprint density at radius 2 is 2.00 bits per heavy atom. The zero-order valence-electron chi connectivity index (χ0n) is 8.99. The van der Waals surface area contributed by atoms with E-state index in [0.717, 1.165) is 0 Å². The van der Waals surface area contributed by atoms with E-state index in [2.05, 4.69) is 0 Å². The number of benzene rings is 1. The lowest BCUT2D eigenvalue weighted by Crippen LogP contribution is -2.18. The molecule has 5 nitrogen and oxygen atoms in total. The van der Waals surface area contributed by atoms with E-state index in [-0.39, 0.29) is 12.3 Å². The van der Waals surface area contributed by atoms with Crippen molar-refractivity contribution < 1.29 is 19.0 Å². The molecule has 0 saturated heterocycles. The van der Waals surface area contributed by atoms with Crippen molar-refractivity contribution in [2.24, 2.45) is 5.73 Å². The molecule has 0 saturated carbocycles. The summed E-state index contributed by atoms with van der Waals surface area (Å²) in [4.78, 5) is 11.6. The Balaban J connectivity index is 2.47. The molecule has 0 aliphatic carbocycles. The van der Waals surface area contributed by atoms with Crippen LogP contribution in [0.4, 0.5) is 0 Å². The first kappa shape index (κ1) is 10.8. The average Bonchev–Trinajstić information content (AvgIpc) is 2.36. The van der Waals surface area contributed by atoms with Gasteiger partial charge in [-0.05, 0) is 6.07 Å². The summed E-state index contributed by atoms with van der Waals surface area (Å²) in [6.07, 6.45) is 0. The molecule has 0 unspecified atom stereocenters. The number of carbonyl (C=O) groups is 1. The topological polar surface area (TPSA) is 70.8 Å². The van der Waals surface area contributed by atoms with Gasteiger partial charge >= 0.3 is 0 Å². The van der Waals surface area contributed by atoms with Crippen LogP contribution < -0.4 is 19.9 Å². The summed E-state index contributed by atoms with van der Waals surface area (Å²) in [6.45, 7) is 0.923. The van der Waals surface area contributed by atoms with Crippen LogP contribution in [-0.4, -0.2) is 32.7 Å². The van der Waals surface area contributed by atoms with Crippen LogP contribution in [0.3, 0.4) is 0 Å². The summed E-state index contributed by atoms with van der Waals surface area (Å²) in [5.41, 5.74) is 5.75. The van der Waals surface area contributed by atoms with Crippen LogP contribution >= 0.6 is 0 Å². The number of carbonyl (C=O) groups excluding carboxylic acids is 1. The third-order valence-corrected chi connectivity index (χ3v) is 2.35. The molecule has 0 bridgehead atoms. The van der Waals surface area contributed by atoms with Crippen molar-refractivity contribution in [2.75, 3.05) is 26.9 Å². The van der Waals surface area contributed by atoms with Crippen LogP contribution in [0.25, 0.3) is 0 Å². The number of ether oxygens (including phenoxy) is 3. The number of fused-ring (bicyclic) bond motifs is 1. The summed E-state index contributed by atoms with van der Waals surface area (Å²) in [5.74, 6) is 1.43. The molecule has 0 aromatic heterocycles. The highest BCUT2D eigenvalue weighted by atomic mass is 16.6. The lowest BCUT2D eigenvalue weighted by molar-refractivity contribution is 0.0997. The van der Waals surface area contributed by atoms with E-state index in [1.165, 1.54) is 7.11 Å². The number of hydrogen-bond donors (Lipinski definition) is 1. The molecule has 0 amide bonds. The number of Topliss-reactive ketones (excluding diaryl/α,β-unsaturated/α-hetero) is 1. The van der Waals surface area contributed by atoms with E-state index in [9.17, 15) is 4.79 Å². The summed E-state index contributed by atoms with van der Waals surface area (Å²) < 4.78 is 15.9. The van der Waals surface area contributed by atoms with Crippen LogP contribution in [0, 0.1) is 0 Å². The molecule has 2 rings (SSSR count). The summed E-state index contributed by atoms with van der Waals surface area (Å²) in [7, 11) is 1.50. The van der Waals surface area contributed by atoms with E-state index in [1.807, 2.05) is 0 Å². The second-order valence-corrected chi connectivity index (χ2v) is 3.32. The minimum Gasteiger partial charge on any atom is -0.496 e. The number of rotatable bonds is 3. The Kier molecular flexibility index (Phi) is 2.96. The van der Waals surface area contributed by atoms with Gasteiger partial charge in [-0.25, -0.2) is 0 Å². The zero-order valence-corrected chi connectivity index (χ0v) is 8.99. The first-order valence-corrected chi connectivity index (χ1v) is 4.97. The van der Waals surface area contributed by atoms with Crippen molar-refractivity contribution in [3.8, 4) is 17.2 Å². The molecular weight excluding hydrogens is 210 g/mol. The first-order chi connectivity index (χ1) is 7.76. The number of hydrogen-bond acceptors (Lipinski definition) is 5. The SMILES string of the molecule is COc1cc2c(cc1C(=O)CN)OCCO2. The molecule has 5 heteroatoms. The monoisotopic (exact) mass is 223 g/mol. The Labute approximate surface area is 93.1 Å². The highest BCUT2D eigenvalue weighted by Crippen LogP contribution is 2.36. The van der Waals surface area contributed by atoms with Crippen molar-refractivity contribution in [2.45, 2.75) is 0 Å². The smallest absolute Gasteiger partial charge is 0.180 e. The Bertz CT molecular complexity index is 417. The van der Waals surface area contributed by atoms with Gasteiger partial charge in [-0.3, -0.25) is 4.79 Å². The number of methoxy groups -OCH3 is 1. The fourth-order valence-corrected chi connectivity index (χ4v) is 1.57. The van der Waals surface area contributed by atoms with Crippen molar-refractivity contribution in [3.63, 3.8) is 0 Å². The normalized spacial score (nSPS) is 13.4. The van der Waals surface area contributed by atoms with Gasteiger partial charge in [-0.15, -0.1) is 0 Å². The molecule has 0 fully saturated rings. The van der Waals surface area contributed by atoms with Gasteiger partial charge in [-0.2, -0.15) is 0 Å². The summed E-state index contributed by atoms with van der Waals surface area (Å²) in [5, 5.41) is 0. The van der Waals surface area contributed by atoms with Gasteiger partial charge in [0.1, 0.15) is 19.0 Å².